The first kappa shape index (κ1) is 13.8. The molecule has 1 aliphatic carbocycles. The van der Waals surface area contributed by atoms with Crippen LogP contribution in [0.3, 0.4) is 0 Å². The Morgan fingerprint density at radius 3 is 2.58 bits per heavy atom. The summed E-state index contributed by atoms with van der Waals surface area (Å²) in [7, 11) is -3.72. The van der Waals surface area contributed by atoms with E-state index in [1.54, 1.807) is 0 Å². The third kappa shape index (κ3) is 3.66. The molecule has 7 heteroatoms. The molecule has 0 saturated heterocycles. The Kier molecular flexibility index (Phi) is 3.75. The fourth-order valence-electron chi connectivity index (χ4n) is 1.67. The predicted molar refractivity (Wildman–Crippen MR) is 69.8 cm³/mol. The van der Waals surface area contributed by atoms with Gasteiger partial charge in [-0.15, -0.1) is 0 Å². The number of halogens is 1. The minimum absolute atomic E-state index is 0.115. The van der Waals surface area contributed by atoms with Gasteiger partial charge in [0, 0.05) is 6.04 Å². The highest BCUT2D eigenvalue weighted by Crippen LogP contribution is 2.22. The molecule has 1 aromatic carbocycles. The van der Waals surface area contributed by atoms with Crippen molar-refractivity contribution in [1.82, 2.24) is 5.32 Å². The van der Waals surface area contributed by atoms with Crippen LogP contribution in [0.25, 0.3) is 0 Å². The zero-order chi connectivity index (χ0) is 14.0. The zero-order valence-electron chi connectivity index (χ0n) is 10.5. The van der Waals surface area contributed by atoms with Gasteiger partial charge in [0.15, 0.2) is 0 Å². The minimum atomic E-state index is -3.72. The third-order valence-corrected chi connectivity index (χ3v) is 3.88. The van der Waals surface area contributed by atoms with Crippen molar-refractivity contribution in [3.8, 4) is 0 Å². The summed E-state index contributed by atoms with van der Waals surface area (Å²) in [5.41, 5.74) is -0.115. The molecule has 0 unspecified atom stereocenters. The number of benzene rings is 1. The maximum Gasteiger partial charge on any atom is 0.240 e. The van der Waals surface area contributed by atoms with Gasteiger partial charge in [-0.25, -0.2) is 12.8 Å². The molecule has 0 spiro atoms. The molecule has 19 heavy (non-hydrogen) atoms. The number of carbonyl (C=O) groups excluding carboxylic acids is 1. The van der Waals surface area contributed by atoms with Gasteiger partial charge in [0.05, 0.1) is 11.9 Å². The van der Waals surface area contributed by atoms with Crippen molar-refractivity contribution in [2.24, 2.45) is 0 Å². The maximum absolute atomic E-state index is 13.7. The number of amides is 1. The van der Waals surface area contributed by atoms with Crippen molar-refractivity contribution < 1.29 is 17.6 Å². The quantitative estimate of drug-likeness (QED) is 0.873. The fourth-order valence-corrected chi connectivity index (χ4v) is 2.52. The second-order valence-corrected chi connectivity index (χ2v) is 6.47. The van der Waals surface area contributed by atoms with Gasteiger partial charge in [0.2, 0.25) is 15.9 Å². The molecule has 1 saturated carbocycles. The van der Waals surface area contributed by atoms with Gasteiger partial charge in [-0.3, -0.25) is 9.10 Å². The van der Waals surface area contributed by atoms with Crippen LogP contribution in [0.15, 0.2) is 24.3 Å². The monoisotopic (exact) mass is 286 g/mol. The lowest BCUT2D eigenvalue weighted by molar-refractivity contribution is -0.119. The topological polar surface area (TPSA) is 66.5 Å². The minimum Gasteiger partial charge on any atom is -0.352 e. The Bertz CT molecular complexity index is 584. The van der Waals surface area contributed by atoms with Gasteiger partial charge in [0.1, 0.15) is 12.4 Å². The summed E-state index contributed by atoms with van der Waals surface area (Å²) in [6, 6.07) is 5.61. The highest BCUT2D eigenvalue weighted by molar-refractivity contribution is 7.92. The standard InChI is InChI=1S/C12H15FN2O3S/c1-19(17,18)15(8-12(16)14-9-6-7-9)11-5-3-2-4-10(11)13/h2-5,9H,6-8H2,1H3,(H,14,16). The highest BCUT2D eigenvalue weighted by Gasteiger charge is 2.27. The van der Waals surface area contributed by atoms with E-state index in [1.807, 2.05) is 0 Å². The molecule has 0 aromatic heterocycles. The van der Waals surface area contributed by atoms with Crippen molar-refractivity contribution in [2.45, 2.75) is 18.9 Å². The SMILES string of the molecule is CS(=O)(=O)N(CC(=O)NC1CC1)c1ccccc1F. The van der Waals surface area contributed by atoms with E-state index in [0.29, 0.717) is 0 Å². The maximum atomic E-state index is 13.7. The molecule has 0 atom stereocenters. The summed E-state index contributed by atoms with van der Waals surface area (Å²) in [6.07, 6.45) is 2.76. The van der Waals surface area contributed by atoms with E-state index in [1.165, 1.54) is 18.2 Å². The smallest absolute Gasteiger partial charge is 0.240 e. The summed E-state index contributed by atoms with van der Waals surface area (Å²) in [6.45, 7) is -0.406. The predicted octanol–water partition coefficient (Wildman–Crippen LogP) is 0.870. The molecular formula is C12H15FN2O3S. The van der Waals surface area contributed by atoms with Crippen LogP contribution in [0.5, 0.6) is 0 Å². The number of sulfonamides is 1. The fraction of sp³-hybridized carbons (Fsp3) is 0.417. The molecule has 1 aliphatic rings. The second kappa shape index (κ2) is 5.16. The molecule has 0 heterocycles. The van der Waals surface area contributed by atoms with Crippen LogP contribution in [-0.4, -0.2) is 33.2 Å². The van der Waals surface area contributed by atoms with Crippen LogP contribution in [0, 0.1) is 5.82 Å². The first-order chi connectivity index (χ1) is 8.88. The average molecular weight is 286 g/mol. The summed E-state index contributed by atoms with van der Waals surface area (Å²) in [4.78, 5) is 11.7. The van der Waals surface area contributed by atoms with Gasteiger partial charge in [-0.05, 0) is 25.0 Å². The van der Waals surface area contributed by atoms with Gasteiger partial charge in [-0.2, -0.15) is 0 Å². The first-order valence-electron chi connectivity index (χ1n) is 5.89. The second-order valence-electron chi connectivity index (χ2n) is 4.56. The number of hydrogen-bond acceptors (Lipinski definition) is 3. The number of hydrogen-bond donors (Lipinski definition) is 1. The lowest BCUT2D eigenvalue weighted by atomic mass is 10.3. The van der Waals surface area contributed by atoms with Crippen molar-refractivity contribution in [1.29, 1.82) is 0 Å². The van der Waals surface area contributed by atoms with Gasteiger partial charge < -0.3 is 5.32 Å². The van der Waals surface area contributed by atoms with Crippen molar-refractivity contribution in [3.63, 3.8) is 0 Å². The van der Waals surface area contributed by atoms with Crippen LogP contribution < -0.4 is 9.62 Å². The van der Waals surface area contributed by atoms with Gasteiger partial charge >= 0.3 is 0 Å². The number of carbonyl (C=O) groups is 1. The Labute approximate surface area is 111 Å². The number of rotatable bonds is 5. The number of nitrogens with one attached hydrogen (secondary N) is 1. The van der Waals surface area contributed by atoms with E-state index >= 15 is 0 Å². The average Bonchev–Trinajstić information content (AvgIpc) is 3.09. The molecule has 1 aromatic rings. The van der Waals surface area contributed by atoms with Crippen LogP contribution in [0.4, 0.5) is 10.1 Å². The molecule has 5 nitrogen and oxygen atoms in total. The number of nitrogens with zero attached hydrogens (tertiary/aromatic N) is 1. The number of anilines is 1. The molecule has 104 valence electrons. The summed E-state index contributed by atoms with van der Waals surface area (Å²) in [5, 5.41) is 2.68. The molecule has 1 N–H and O–H groups in total. The summed E-state index contributed by atoms with van der Waals surface area (Å²) < 4.78 is 37.8. The van der Waals surface area contributed by atoms with Gasteiger partial charge in [-0.1, -0.05) is 12.1 Å². The Hall–Kier alpha value is -1.63. The van der Waals surface area contributed by atoms with E-state index < -0.39 is 28.3 Å². The van der Waals surface area contributed by atoms with E-state index in [9.17, 15) is 17.6 Å². The lowest BCUT2D eigenvalue weighted by Crippen LogP contribution is -2.41. The third-order valence-electron chi connectivity index (χ3n) is 2.75. The van der Waals surface area contributed by atoms with E-state index in [0.717, 1.165) is 29.5 Å². The van der Waals surface area contributed by atoms with E-state index in [2.05, 4.69) is 5.32 Å². The van der Waals surface area contributed by atoms with Crippen LogP contribution in [0.2, 0.25) is 0 Å². The Morgan fingerprint density at radius 2 is 2.05 bits per heavy atom. The molecule has 0 aliphatic heterocycles. The molecular weight excluding hydrogens is 271 g/mol. The molecule has 1 fully saturated rings. The largest absolute Gasteiger partial charge is 0.352 e. The molecule has 0 radical (unpaired) electrons. The lowest BCUT2D eigenvalue weighted by Gasteiger charge is -2.22. The van der Waals surface area contributed by atoms with Crippen molar-refractivity contribution in [3.05, 3.63) is 30.1 Å². The first-order valence-corrected chi connectivity index (χ1v) is 7.74. The van der Waals surface area contributed by atoms with E-state index in [-0.39, 0.29) is 11.7 Å². The zero-order valence-corrected chi connectivity index (χ0v) is 11.3. The van der Waals surface area contributed by atoms with Crippen molar-refractivity contribution >= 4 is 21.6 Å². The summed E-state index contributed by atoms with van der Waals surface area (Å²) in [5.74, 6) is -1.09. The normalized spacial score (nSPS) is 15.1. The van der Waals surface area contributed by atoms with E-state index in [4.69, 9.17) is 0 Å². The highest BCUT2D eigenvalue weighted by atomic mass is 32.2. The van der Waals surface area contributed by atoms with Crippen LogP contribution in [-0.2, 0) is 14.8 Å². The Morgan fingerprint density at radius 1 is 1.42 bits per heavy atom. The van der Waals surface area contributed by atoms with Crippen molar-refractivity contribution in [2.75, 3.05) is 17.1 Å². The molecule has 0 bridgehead atoms. The van der Waals surface area contributed by atoms with Crippen LogP contribution in [0.1, 0.15) is 12.8 Å². The number of para-hydroxylation sites is 1. The van der Waals surface area contributed by atoms with Crippen LogP contribution >= 0.6 is 0 Å². The molecule has 2 rings (SSSR count). The summed E-state index contributed by atoms with van der Waals surface area (Å²) >= 11 is 0. The Balaban J connectivity index is 2.21. The molecule has 1 amide bonds. The van der Waals surface area contributed by atoms with Gasteiger partial charge in [0.25, 0.3) is 0 Å².